The Morgan fingerprint density at radius 1 is 1.19 bits per heavy atom. The van der Waals surface area contributed by atoms with Gasteiger partial charge in [-0.1, -0.05) is 62.4 Å². The van der Waals surface area contributed by atoms with E-state index in [1.54, 1.807) is 26.0 Å². The van der Waals surface area contributed by atoms with Crippen molar-refractivity contribution in [1.29, 1.82) is 0 Å². The van der Waals surface area contributed by atoms with E-state index in [1.807, 2.05) is 30.3 Å². The Labute approximate surface area is 158 Å². The number of fused-ring (bicyclic) bond motifs is 1. The summed E-state index contributed by atoms with van der Waals surface area (Å²) in [5.41, 5.74) is -1.75. The van der Waals surface area contributed by atoms with E-state index in [0.717, 1.165) is 10.5 Å². The molecule has 0 radical (unpaired) electrons. The summed E-state index contributed by atoms with van der Waals surface area (Å²) in [4.78, 5) is 38.2. The zero-order valence-corrected chi connectivity index (χ0v) is 15.5. The van der Waals surface area contributed by atoms with Crippen molar-refractivity contribution in [2.75, 3.05) is 6.54 Å². The van der Waals surface area contributed by atoms with Crippen LogP contribution in [0.15, 0.2) is 54.1 Å². The number of carbonyl (C=O) groups excluding carboxylic acids is 3. The molecular weight excluding hydrogens is 346 g/mol. The maximum absolute atomic E-state index is 12.7. The number of hydrogen-bond donors (Lipinski definition) is 1. The molecule has 6 nitrogen and oxygen atoms in total. The van der Waals surface area contributed by atoms with Gasteiger partial charge in [-0.05, 0) is 12.0 Å². The largest absolute Gasteiger partial charge is 0.461 e. The van der Waals surface area contributed by atoms with Crippen molar-refractivity contribution in [2.45, 2.75) is 38.9 Å². The van der Waals surface area contributed by atoms with Crippen molar-refractivity contribution in [3.8, 4) is 0 Å². The summed E-state index contributed by atoms with van der Waals surface area (Å²) in [6, 6.07) is 9.33. The second kappa shape index (κ2) is 7.12. The average Bonchev–Trinajstić information content (AvgIpc) is 2.83. The number of allylic oxidation sites excluding steroid dienone is 2. The summed E-state index contributed by atoms with van der Waals surface area (Å²) < 4.78 is 5.20. The molecule has 2 aliphatic rings. The van der Waals surface area contributed by atoms with Crippen molar-refractivity contribution in [3.63, 3.8) is 0 Å². The van der Waals surface area contributed by atoms with E-state index in [4.69, 9.17) is 4.74 Å². The Hall–Kier alpha value is -2.73. The van der Waals surface area contributed by atoms with Crippen LogP contribution in [-0.2, 0) is 25.7 Å². The van der Waals surface area contributed by atoms with Crippen LogP contribution < -0.4 is 0 Å². The maximum Gasteiger partial charge on any atom is 0.306 e. The van der Waals surface area contributed by atoms with Gasteiger partial charge in [0.2, 0.25) is 0 Å². The van der Waals surface area contributed by atoms with Crippen molar-refractivity contribution in [1.82, 2.24) is 4.90 Å². The van der Waals surface area contributed by atoms with E-state index in [2.05, 4.69) is 0 Å². The van der Waals surface area contributed by atoms with Crippen molar-refractivity contribution in [2.24, 2.45) is 5.41 Å². The van der Waals surface area contributed by atoms with Crippen LogP contribution >= 0.6 is 0 Å². The number of rotatable bonds is 6. The molecule has 1 unspecified atom stereocenters. The monoisotopic (exact) mass is 369 g/mol. The van der Waals surface area contributed by atoms with Gasteiger partial charge in [0.05, 0.1) is 5.57 Å². The molecule has 3 rings (SSSR count). The van der Waals surface area contributed by atoms with Gasteiger partial charge in [0.1, 0.15) is 6.61 Å². The molecule has 6 heteroatoms. The molecule has 1 aliphatic heterocycles. The topological polar surface area (TPSA) is 83.9 Å². The summed E-state index contributed by atoms with van der Waals surface area (Å²) in [7, 11) is 0. The number of aliphatic hydroxyl groups is 1. The lowest BCUT2D eigenvalue weighted by Crippen LogP contribution is -2.52. The second-order valence-electron chi connectivity index (χ2n) is 7.38. The van der Waals surface area contributed by atoms with Gasteiger partial charge in [-0.3, -0.25) is 19.3 Å². The van der Waals surface area contributed by atoms with E-state index in [9.17, 15) is 19.5 Å². The highest BCUT2D eigenvalue weighted by Crippen LogP contribution is 2.46. The Kier molecular flexibility index (Phi) is 5.02. The molecule has 0 bridgehead atoms. The van der Waals surface area contributed by atoms with Crippen LogP contribution in [0.3, 0.4) is 0 Å². The van der Waals surface area contributed by atoms with Crippen LogP contribution in [0.2, 0.25) is 0 Å². The zero-order chi connectivity index (χ0) is 19.7. The fourth-order valence-electron chi connectivity index (χ4n) is 3.42. The molecule has 1 aliphatic carbocycles. The summed E-state index contributed by atoms with van der Waals surface area (Å²) in [6.07, 6.45) is 5.25. The average molecular weight is 369 g/mol. The summed E-state index contributed by atoms with van der Waals surface area (Å²) in [5, 5.41) is 10.9. The molecule has 1 aromatic carbocycles. The van der Waals surface area contributed by atoms with E-state index < -0.39 is 28.8 Å². The summed E-state index contributed by atoms with van der Waals surface area (Å²) in [5.74, 6) is -1.53. The van der Waals surface area contributed by atoms with Crippen LogP contribution in [0.25, 0.3) is 0 Å². The molecule has 2 amide bonds. The Bertz CT molecular complexity index is 824. The number of likely N-dealkylation sites (tertiary alicyclic amines) is 1. The Morgan fingerprint density at radius 2 is 1.89 bits per heavy atom. The number of benzene rings is 1. The van der Waals surface area contributed by atoms with Gasteiger partial charge >= 0.3 is 5.97 Å². The number of carbonyl (C=O) groups is 3. The molecule has 1 aromatic rings. The minimum Gasteiger partial charge on any atom is -0.461 e. The fraction of sp³-hybridized carbons (Fsp3) is 0.381. The molecule has 0 aromatic heterocycles. The van der Waals surface area contributed by atoms with Crippen LogP contribution in [0, 0.1) is 5.41 Å². The zero-order valence-electron chi connectivity index (χ0n) is 15.5. The number of imide groups is 1. The number of hydrogen-bond acceptors (Lipinski definition) is 5. The van der Waals surface area contributed by atoms with Crippen LogP contribution in [0.4, 0.5) is 0 Å². The molecule has 1 saturated heterocycles. The van der Waals surface area contributed by atoms with Crippen LogP contribution in [-0.4, -0.2) is 39.9 Å². The third-order valence-corrected chi connectivity index (χ3v) is 5.13. The van der Waals surface area contributed by atoms with Gasteiger partial charge in [0, 0.05) is 18.4 Å². The highest BCUT2D eigenvalue weighted by atomic mass is 16.5. The van der Waals surface area contributed by atoms with Gasteiger partial charge < -0.3 is 9.84 Å². The first kappa shape index (κ1) is 19.0. The first-order valence-electron chi connectivity index (χ1n) is 8.95. The van der Waals surface area contributed by atoms with E-state index in [1.165, 1.54) is 6.08 Å². The quantitative estimate of drug-likeness (QED) is 0.613. The first-order chi connectivity index (χ1) is 12.8. The number of esters is 1. The minimum atomic E-state index is -1.85. The predicted molar refractivity (Wildman–Crippen MR) is 98.1 cm³/mol. The molecule has 0 spiro atoms. The standard InChI is InChI=1S/C21H23NO5/c1-20(2)12-6-10-16-18(24)22(19(25)21(16,20)26)13-7-11-17(23)27-14-15-8-4-3-5-9-15/h3-6,8-10,12,26H,7,11,13-14H2,1-2H3. The fourth-order valence-corrected chi connectivity index (χ4v) is 3.42. The van der Waals surface area contributed by atoms with Crippen LogP contribution in [0.1, 0.15) is 32.3 Å². The Morgan fingerprint density at radius 3 is 2.56 bits per heavy atom. The lowest BCUT2D eigenvalue weighted by molar-refractivity contribution is -0.151. The van der Waals surface area contributed by atoms with E-state index in [-0.39, 0.29) is 31.6 Å². The van der Waals surface area contributed by atoms with Gasteiger partial charge in [0.15, 0.2) is 5.60 Å². The first-order valence-corrected chi connectivity index (χ1v) is 8.95. The van der Waals surface area contributed by atoms with Gasteiger partial charge in [-0.15, -0.1) is 0 Å². The molecule has 1 fully saturated rings. The van der Waals surface area contributed by atoms with Gasteiger partial charge in [0.25, 0.3) is 11.8 Å². The van der Waals surface area contributed by atoms with Gasteiger partial charge in [-0.25, -0.2) is 0 Å². The molecule has 1 heterocycles. The smallest absolute Gasteiger partial charge is 0.306 e. The third kappa shape index (κ3) is 3.32. The summed E-state index contributed by atoms with van der Waals surface area (Å²) >= 11 is 0. The van der Waals surface area contributed by atoms with Crippen LogP contribution in [0.5, 0.6) is 0 Å². The molecule has 0 saturated carbocycles. The van der Waals surface area contributed by atoms with Crippen molar-refractivity contribution >= 4 is 17.8 Å². The van der Waals surface area contributed by atoms with E-state index >= 15 is 0 Å². The third-order valence-electron chi connectivity index (χ3n) is 5.13. The van der Waals surface area contributed by atoms with Crippen molar-refractivity contribution in [3.05, 3.63) is 59.7 Å². The lowest BCUT2D eigenvalue weighted by Gasteiger charge is -2.37. The lowest BCUT2D eigenvalue weighted by atomic mass is 9.69. The van der Waals surface area contributed by atoms with Gasteiger partial charge in [-0.2, -0.15) is 0 Å². The molecule has 1 atom stereocenters. The molecule has 27 heavy (non-hydrogen) atoms. The Balaban J connectivity index is 1.55. The second-order valence-corrected chi connectivity index (χ2v) is 7.38. The molecule has 1 N–H and O–H groups in total. The summed E-state index contributed by atoms with van der Waals surface area (Å²) in [6.45, 7) is 3.68. The number of amides is 2. The maximum atomic E-state index is 12.7. The number of ether oxygens (including phenoxy) is 1. The minimum absolute atomic E-state index is 0.0633. The highest BCUT2D eigenvalue weighted by molar-refractivity contribution is 6.19. The number of nitrogens with zero attached hydrogens (tertiary/aromatic N) is 1. The normalized spacial score (nSPS) is 23.2. The van der Waals surface area contributed by atoms with E-state index in [0.29, 0.717) is 0 Å². The predicted octanol–water partition coefficient (Wildman–Crippen LogP) is 2.13. The highest BCUT2D eigenvalue weighted by Gasteiger charge is 2.62. The molecular formula is C21H23NO5. The molecule has 142 valence electrons. The SMILES string of the molecule is CC1(C)C=CC=C2C(=O)N(CCCC(=O)OCc3ccccc3)C(=O)C21O. The van der Waals surface area contributed by atoms with Crippen molar-refractivity contribution < 1.29 is 24.2 Å².